The number of aromatic nitrogens is 1. The zero-order valence-electron chi connectivity index (χ0n) is 14.1. The van der Waals surface area contributed by atoms with E-state index in [0.29, 0.717) is 27.7 Å². The standard InChI is InChI=1S/C19H22N2O2S/c1-13(2)15-6-8-16(9-7-15)18(23)17(19(24)20-3)21-10-4-5-14(11-21)12-22/h4-11,13,22H,12H2,1-3H3,(H-,20,23,24). The summed E-state index contributed by atoms with van der Waals surface area (Å²) in [5.41, 5.74) is 2.82. The SMILES string of the molecule is CNC(=S)/C(=C(/[O-])c1ccc(C(C)C)cc1)[n+]1cccc(CO)c1. The van der Waals surface area contributed by atoms with Crippen LogP contribution in [0.25, 0.3) is 11.5 Å². The van der Waals surface area contributed by atoms with Crippen LogP contribution in [0.2, 0.25) is 0 Å². The number of likely N-dealkylation sites (N-methyl/N-ethyl adjacent to an activating group) is 1. The molecule has 0 bridgehead atoms. The lowest BCUT2D eigenvalue weighted by Crippen LogP contribution is -2.41. The van der Waals surface area contributed by atoms with E-state index in [1.807, 2.05) is 24.3 Å². The van der Waals surface area contributed by atoms with E-state index in [4.69, 9.17) is 12.2 Å². The number of rotatable bonds is 5. The van der Waals surface area contributed by atoms with Crippen LogP contribution in [0, 0.1) is 0 Å². The van der Waals surface area contributed by atoms with Gasteiger partial charge in [0.15, 0.2) is 17.4 Å². The van der Waals surface area contributed by atoms with Crippen molar-refractivity contribution in [1.29, 1.82) is 0 Å². The highest BCUT2D eigenvalue weighted by atomic mass is 32.1. The van der Waals surface area contributed by atoms with Gasteiger partial charge in [0, 0.05) is 18.7 Å². The zero-order chi connectivity index (χ0) is 17.7. The van der Waals surface area contributed by atoms with Crippen molar-refractivity contribution in [2.24, 2.45) is 0 Å². The van der Waals surface area contributed by atoms with Crippen LogP contribution >= 0.6 is 12.2 Å². The van der Waals surface area contributed by atoms with Crippen molar-refractivity contribution < 1.29 is 14.8 Å². The van der Waals surface area contributed by atoms with Crippen molar-refractivity contribution in [1.82, 2.24) is 5.32 Å². The summed E-state index contributed by atoms with van der Waals surface area (Å²) in [6.07, 6.45) is 3.46. The first kappa shape index (κ1) is 18.1. The van der Waals surface area contributed by atoms with E-state index in [1.165, 1.54) is 5.56 Å². The molecule has 0 aliphatic heterocycles. The number of hydrogen-bond donors (Lipinski definition) is 2. The molecule has 0 spiro atoms. The number of thiocarbonyl (C=S) groups is 1. The minimum atomic E-state index is -0.162. The molecule has 0 saturated heterocycles. The molecule has 24 heavy (non-hydrogen) atoms. The van der Waals surface area contributed by atoms with Crippen molar-refractivity contribution in [3.05, 3.63) is 65.5 Å². The Morgan fingerprint density at radius 3 is 2.46 bits per heavy atom. The van der Waals surface area contributed by atoms with Gasteiger partial charge in [-0.05, 0) is 28.9 Å². The number of pyridine rings is 1. The highest BCUT2D eigenvalue weighted by Gasteiger charge is 2.18. The highest BCUT2D eigenvalue weighted by molar-refractivity contribution is 7.81. The Bertz CT molecular complexity index is 752. The summed E-state index contributed by atoms with van der Waals surface area (Å²) in [7, 11) is 1.69. The molecule has 0 fully saturated rings. The maximum absolute atomic E-state index is 13.0. The van der Waals surface area contributed by atoms with Gasteiger partial charge in [0.1, 0.15) is 0 Å². The lowest BCUT2D eigenvalue weighted by molar-refractivity contribution is -0.578. The van der Waals surface area contributed by atoms with Gasteiger partial charge in [-0.1, -0.05) is 50.3 Å². The third-order valence-electron chi connectivity index (χ3n) is 3.80. The normalized spacial score (nSPS) is 12.0. The van der Waals surface area contributed by atoms with Gasteiger partial charge in [0.05, 0.1) is 6.61 Å². The molecule has 1 aromatic carbocycles. The van der Waals surface area contributed by atoms with E-state index >= 15 is 0 Å². The van der Waals surface area contributed by atoms with Gasteiger partial charge < -0.3 is 15.5 Å². The molecule has 2 aromatic rings. The van der Waals surface area contributed by atoms with Gasteiger partial charge in [-0.15, -0.1) is 0 Å². The van der Waals surface area contributed by atoms with E-state index in [2.05, 4.69) is 19.2 Å². The van der Waals surface area contributed by atoms with Crippen LogP contribution in [0.15, 0.2) is 48.8 Å². The molecule has 0 aliphatic rings. The molecule has 5 heteroatoms. The maximum Gasteiger partial charge on any atom is 0.237 e. The molecule has 0 saturated carbocycles. The Labute approximate surface area is 148 Å². The van der Waals surface area contributed by atoms with Crippen LogP contribution < -0.4 is 15.0 Å². The molecule has 0 radical (unpaired) electrons. The molecule has 126 valence electrons. The molecular weight excluding hydrogens is 320 g/mol. The Kier molecular flexibility index (Phi) is 6.06. The molecule has 1 heterocycles. The first-order valence-electron chi connectivity index (χ1n) is 7.83. The average molecular weight is 342 g/mol. The summed E-state index contributed by atoms with van der Waals surface area (Å²) in [5, 5.41) is 25.2. The van der Waals surface area contributed by atoms with Gasteiger partial charge in [-0.25, -0.2) is 0 Å². The van der Waals surface area contributed by atoms with E-state index in [9.17, 15) is 10.2 Å². The van der Waals surface area contributed by atoms with Gasteiger partial charge in [0.2, 0.25) is 5.70 Å². The number of nitrogens with zero attached hydrogens (tertiary/aromatic N) is 1. The molecule has 0 aliphatic carbocycles. The van der Waals surface area contributed by atoms with Crippen molar-refractivity contribution in [2.45, 2.75) is 26.4 Å². The third kappa shape index (κ3) is 3.99. The smallest absolute Gasteiger partial charge is 0.237 e. The van der Waals surface area contributed by atoms with Gasteiger partial charge in [-0.3, -0.25) is 0 Å². The molecule has 2 N–H and O–H groups in total. The van der Waals surface area contributed by atoms with Gasteiger partial charge >= 0.3 is 0 Å². The lowest BCUT2D eigenvalue weighted by Gasteiger charge is -2.17. The average Bonchev–Trinajstić information content (AvgIpc) is 2.61. The van der Waals surface area contributed by atoms with Crippen LogP contribution in [-0.4, -0.2) is 17.1 Å². The summed E-state index contributed by atoms with van der Waals surface area (Å²) in [6.45, 7) is 4.12. The van der Waals surface area contributed by atoms with Crippen molar-refractivity contribution in [3.8, 4) is 0 Å². The fourth-order valence-corrected chi connectivity index (χ4v) is 2.57. The molecule has 1 aromatic heterocycles. The number of nitrogens with one attached hydrogen (secondary N) is 1. The van der Waals surface area contributed by atoms with Crippen LogP contribution in [0.1, 0.15) is 36.5 Å². The zero-order valence-corrected chi connectivity index (χ0v) is 14.9. The number of aliphatic hydroxyl groups is 1. The Morgan fingerprint density at radius 1 is 1.25 bits per heavy atom. The lowest BCUT2D eigenvalue weighted by atomic mass is 10.0. The van der Waals surface area contributed by atoms with Crippen molar-refractivity contribution in [3.63, 3.8) is 0 Å². The van der Waals surface area contributed by atoms with E-state index < -0.39 is 0 Å². The minimum Gasteiger partial charge on any atom is -0.867 e. The number of aliphatic hydroxyl groups excluding tert-OH is 1. The first-order valence-corrected chi connectivity index (χ1v) is 8.24. The van der Waals surface area contributed by atoms with Gasteiger partial charge in [0.25, 0.3) is 0 Å². The first-order chi connectivity index (χ1) is 11.5. The fraction of sp³-hybridized carbons (Fsp3) is 0.263. The second-order valence-electron chi connectivity index (χ2n) is 5.81. The molecule has 4 nitrogen and oxygen atoms in total. The largest absolute Gasteiger partial charge is 0.867 e. The van der Waals surface area contributed by atoms with Crippen LogP contribution in [0.3, 0.4) is 0 Å². The molecule has 0 unspecified atom stereocenters. The molecule has 0 amide bonds. The predicted octanol–water partition coefficient (Wildman–Crippen LogP) is 1.82. The van der Waals surface area contributed by atoms with Crippen LogP contribution in [0.4, 0.5) is 0 Å². The van der Waals surface area contributed by atoms with E-state index in [-0.39, 0.29) is 12.4 Å². The summed E-state index contributed by atoms with van der Waals surface area (Å²) >= 11 is 5.33. The number of benzene rings is 1. The van der Waals surface area contributed by atoms with Crippen LogP contribution in [0.5, 0.6) is 0 Å². The second kappa shape index (κ2) is 8.04. The third-order valence-corrected chi connectivity index (χ3v) is 4.20. The Morgan fingerprint density at radius 2 is 1.92 bits per heavy atom. The molecule has 2 rings (SSSR count). The number of hydrogen-bond acceptors (Lipinski definition) is 3. The molecule has 0 atom stereocenters. The predicted molar refractivity (Wildman–Crippen MR) is 97.9 cm³/mol. The summed E-state index contributed by atoms with van der Waals surface area (Å²) < 4.78 is 1.66. The molecular formula is C19H22N2O2S. The quantitative estimate of drug-likeness (QED) is 0.377. The fourth-order valence-electron chi connectivity index (χ4n) is 2.37. The highest BCUT2D eigenvalue weighted by Crippen LogP contribution is 2.19. The van der Waals surface area contributed by atoms with Crippen molar-refractivity contribution >= 4 is 28.7 Å². The Balaban J connectivity index is 2.55. The summed E-state index contributed by atoms with van der Waals surface area (Å²) in [6, 6.07) is 11.1. The summed E-state index contributed by atoms with van der Waals surface area (Å²) in [4.78, 5) is 0.355. The topological polar surface area (TPSA) is 59.2 Å². The second-order valence-corrected chi connectivity index (χ2v) is 6.22. The van der Waals surface area contributed by atoms with E-state index in [0.717, 1.165) is 0 Å². The minimum absolute atomic E-state index is 0.0995. The van der Waals surface area contributed by atoms with Gasteiger partial charge in [-0.2, -0.15) is 4.57 Å². The monoisotopic (exact) mass is 342 g/mol. The van der Waals surface area contributed by atoms with Crippen molar-refractivity contribution in [2.75, 3.05) is 7.05 Å². The maximum atomic E-state index is 13.0. The Hall–Kier alpha value is -2.24. The van der Waals surface area contributed by atoms with E-state index in [1.54, 1.807) is 36.1 Å². The summed E-state index contributed by atoms with van der Waals surface area (Å²) in [5.74, 6) is 0.247. The van der Waals surface area contributed by atoms with Crippen LogP contribution in [-0.2, 0) is 6.61 Å².